The van der Waals surface area contributed by atoms with Crippen molar-refractivity contribution in [3.05, 3.63) is 42.5 Å². The quantitative estimate of drug-likeness (QED) is 0.329. The second-order valence-corrected chi connectivity index (χ2v) is 9.15. The molecule has 0 heterocycles. The molecule has 1 N–H and O–H groups in total. The highest BCUT2D eigenvalue weighted by atomic mass is 127. The average Bonchev–Trinajstić information content (AvgIpc) is 2.54. The van der Waals surface area contributed by atoms with E-state index >= 15 is 0 Å². The number of benzene rings is 1. The van der Waals surface area contributed by atoms with E-state index < -0.39 is 0 Å². The zero-order chi connectivity index (χ0) is 16.7. The molecule has 2 rings (SSSR count). The number of rotatable bonds is 8. The van der Waals surface area contributed by atoms with Crippen molar-refractivity contribution >= 4 is 22.6 Å². The molecule has 3 heteroatoms. The minimum atomic E-state index is 0.0356. The highest BCUT2D eigenvalue weighted by molar-refractivity contribution is 14.1. The third kappa shape index (κ3) is 6.11. The van der Waals surface area contributed by atoms with Gasteiger partial charge in [-0.3, -0.25) is 0 Å². The van der Waals surface area contributed by atoms with Crippen LogP contribution in [-0.4, -0.2) is 15.6 Å². The van der Waals surface area contributed by atoms with E-state index in [0.717, 1.165) is 12.3 Å². The minimum Gasteiger partial charge on any atom is -0.486 e. The fourth-order valence-electron chi connectivity index (χ4n) is 3.31. The molecule has 2 nitrogen and oxygen atoms in total. The zero-order valence-electron chi connectivity index (χ0n) is 14.5. The van der Waals surface area contributed by atoms with Gasteiger partial charge in [-0.2, -0.15) is 0 Å². The molecule has 0 radical (unpaired) electrons. The number of halogens is 1. The predicted molar refractivity (Wildman–Crippen MR) is 107 cm³/mol. The van der Waals surface area contributed by atoms with Crippen LogP contribution in [0.2, 0.25) is 0 Å². The van der Waals surface area contributed by atoms with E-state index in [9.17, 15) is 0 Å². The van der Waals surface area contributed by atoms with E-state index in [2.05, 4.69) is 53.5 Å². The average molecular weight is 427 g/mol. The molecule has 0 aliphatic heterocycles. The van der Waals surface area contributed by atoms with Crippen LogP contribution < -0.4 is 10.1 Å². The molecule has 23 heavy (non-hydrogen) atoms. The fourth-order valence-corrected chi connectivity index (χ4v) is 4.73. The van der Waals surface area contributed by atoms with Crippen molar-refractivity contribution < 1.29 is 4.74 Å². The van der Waals surface area contributed by atoms with Crippen LogP contribution in [0.3, 0.4) is 0 Å². The van der Waals surface area contributed by atoms with Gasteiger partial charge in [-0.15, -0.1) is 0 Å². The molecular formula is C20H30INO. The lowest BCUT2D eigenvalue weighted by molar-refractivity contribution is 0.266. The highest BCUT2D eigenvalue weighted by Crippen LogP contribution is 2.40. The molecule has 0 saturated heterocycles. The first-order valence-corrected chi connectivity index (χ1v) is 9.90. The third-order valence-corrected chi connectivity index (χ3v) is 6.20. The maximum absolute atomic E-state index is 5.94. The molecule has 0 aromatic heterocycles. The molecule has 1 aromatic rings. The summed E-state index contributed by atoms with van der Waals surface area (Å²) in [6, 6.07) is 8.82. The molecule has 1 aliphatic carbocycles. The van der Waals surface area contributed by atoms with Crippen LogP contribution in [-0.2, 0) is 6.54 Å². The number of ether oxygens (including phenoxy) is 1. The van der Waals surface area contributed by atoms with Crippen LogP contribution in [0.4, 0.5) is 0 Å². The highest BCUT2D eigenvalue weighted by Gasteiger charge is 2.30. The number of para-hydroxylation sites is 1. The van der Waals surface area contributed by atoms with Crippen molar-refractivity contribution in [3.8, 4) is 5.75 Å². The van der Waals surface area contributed by atoms with Crippen molar-refractivity contribution in [2.75, 3.05) is 0 Å². The molecular weight excluding hydrogens is 397 g/mol. The molecule has 1 saturated carbocycles. The second-order valence-electron chi connectivity index (χ2n) is 6.86. The van der Waals surface area contributed by atoms with Crippen LogP contribution >= 0.6 is 22.6 Å². The van der Waals surface area contributed by atoms with Crippen molar-refractivity contribution in [1.82, 2.24) is 5.32 Å². The SMILES string of the molecule is C=CC(C)Oc1ccccc1CNC(C)CC1(I)CCCCC1. The van der Waals surface area contributed by atoms with Gasteiger partial charge in [-0.1, -0.05) is 72.7 Å². The van der Waals surface area contributed by atoms with Crippen LogP contribution in [0.15, 0.2) is 36.9 Å². The summed E-state index contributed by atoms with van der Waals surface area (Å²) in [5.41, 5.74) is 1.22. The first kappa shape index (κ1) is 18.8. The van der Waals surface area contributed by atoms with E-state index in [4.69, 9.17) is 4.74 Å². The maximum Gasteiger partial charge on any atom is 0.124 e. The lowest BCUT2D eigenvalue weighted by atomic mass is 9.85. The Balaban J connectivity index is 1.88. The summed E-state index contributed by atoms with van der Waals surface area (Å²) in [7, 11) is 0. The van der Waals surface area contributed by atoms with Gasteiger partial charge in [0.05, 0.1) is 0 Å². The van der Waals surface area contributed by atoms with Gasteiger partial charge in [0.2, 0.25) is 0 Å². The molecule has 1 aromatic carbocycles. The fraction of sp³-hybridized carbons (Fsp3) is 0.600. The summed E-state index contributed by atoms with van der Waals surface area (Å²) < 4.78 is 6.43. The minimum absolute atomic E-state index is 0.0356. The van der Waals surface area contributed by atoms with Gasteiger partial charge < -0.3 is 10.1 Å². The Bertz CT molecular complexity index is 496. The Morgan fingerprint density at radius 2 is 1.96 bits per heavy atom. The molecule has 1 aliphatic rings. The van der Waals surface area contributed by atoms with E-state index in [-0.39, 0.29) is 6.10 Å². The van der Waals surface area contributed by atoms with Crippen molar-refractivity contribution in [2.24, 2.45) is 0 Å². The standard InChI is InChI=1S/C20H30INO/c1-4-17(3)23-19-11-7-6-10-18(19)15-22-16(2)14-20(21)12-8-5-9-13-20/h4,6-7,10-11,16-17,22H,1,5,8-9,12-15H2,2-3H3. The van der Waals surface area contributed by atoms with Gasteiger partial charge in [0.25, 0.3) is 0 Å². The molecule has 0 amide bonds. The molecule has 2 atom stereocenters. The molecule has 0 bridgehead atoms. The van der Waals surface area contributed by atoms with Crippen molar-refractivity contribution in [2.45, 2.75) is 74.5 Å². The normalized spacial score (nSPS) is 19.8. The first-order chi connectivity index (χ1) is 11.0. The van der Waals surface area contributed by atoms with E-state index in [1.807, 2.05) is 25.1 Å². The maximum atomic E-state index is 5.94. The van der Waals surface area contributed by atoms with Crippen LogP contribution in [0.25, 0.3) is 0 Å². The largest absolute Gasteiger partial charge is 0.486 e. The Labute approximate surface area is 155 Å². The summed E-state index contributed by atoms with van der Waals surface area (Å²) in [4.78, 5) is 0. The van der Waals surface area contributed by atoms with E-state index in [0.29, 0.717) is 9.46 Å². The lowest BCUT2D eigenvalue weighted by Crippen LogP contribution is -2.35. The summed E-state index contributed by atoms with van der Waals surface area (Å²) in [6.07, 6.45) is 10.1. The first-order valence-electron chi connectivity index (χ1n) is 8.82. The number of nitrogens with one attached hydrogen (secondary N) is 1. The van der Waals surface area contributed by atoms with Gasteiger partial charge in [0, 0.05) is 21.6 Å². The molecule has 128 valence electrons. The molecule has 2 unspecified atom stereocenters. The van der Waals surface area contributed by atoms with Crippen LogP contribution in [0.5, 0.6) is 5.75 Å². The Kier molecular flexibility index (Phi) is 7.41. The van der Waals surface area contributed by atoms with Crippen LogP contribution in [0, 0.1) is 0 Å². The topological polar surface area (TPSA) is 21.3 Å². The van der Waals surface area contributed by atoms with Crippen LogP contribution in [0.1, 0.15) is 57.9 Å². The number of hydrogen-bond donors (Lipinski definition) is 1. The van der Waals surface area contributed by atoms with Crippen molar-refractivity contribution in [1.29, 1.82) is 0 Å². The Hall–Kier alpha value is -0.550. The predicted octanol–water partition coefficient (Wildman–Crippen LogP) is 5.65. The second kappa shape index (κ2) is 9.07. The van der Waals surface area contributed by atoms with Gasteiger partial charge in [0.1, 0.15) is 11.9 Å². The van der Waals surface area contributed by atoms with E-state index in [1.54, 1.807) is 0 Å². The van der Waals surface area contributed by atoms with Crippen molar-refractivity contribution in [3.63, 3.8) is 0 Å². The number of alkyl halides is 1. The molecule has 1 fully saturated rings. The van der Waals surface area contributed by atoms with E-state index in [1.165, 1.54) is 44.1 Å². The monoisotopic (exact) mass is 427 g/mol. The summed E-state index contributed by atoms with van der Waals surface area (Å²) in [6.45, 7) is 8.97. The van der Waals surface area contributed by atoms with Gasteiger partial charge >= 0.3 is 0 Å². The Morgan fingerprint density at radius 1 is 1.26 bits per heavy atom. The molecule has 0 spiro atoms. The summed E-state index contributed by atoms with van der Waals surface area (Å²) in [5.74, 6) is 0.960. The number of hydrogen-bond acceptors (Lipinski definition) is 2. The summed E-state index contributed by atoms with van der Waals surface area (Å²) >= 11 is 2.71. The lowest BCUT2D eigenvalue weighted by Gasteiger charge is -2.34. The van der Waals surface area contributed by atoms with Gasteiger partial charge in [0.15, 0.2) is 0 Å². The smallest absolute Gasteiger partial charge is 0.124 e. The Morgan fingerprint density at radius 3 is 2.65 bits per heavy atom. The van der Waals surface area contributed by atoms with Gasteiger partial charge in [-0.05, 0) is 39.2 Å². The third-order valence-electron chi connectivity index (χ3n) is 4.68. The summed E-state index contributed by atoms with van der Waals surface area (Å²) in [5, 5.41) is 3.69. The zero-order valence-corrected chi connectivity index (χ0v) is 16.6. The van der Waals surface area contributed by atoms with Gasteiger partial charge in [-0.25, -0.2) is 0 Å².